The number of benzene rings is 1. The molecule has 1 aromatic carbocycles. The summed E-state index contributed by atoms with van der Waals surface area (Å²) in [6, 6.07) is 5.86. The molecule has 0 aliphatic carbocycles. The Kier molecular flexibility index (Phi) is 4.99. The molecule has 1 atom stereocenters. The van der Waals surface area contributed by atoms with Gasteiger partial charge in [-0.05, 0) is 25.5 Å². The van der Waals surface area contributed by atoms with Gasteiger partial charge in [-0.2, -0.15) is 0 Å². The second kappa shape index (κ2) is 6.54. The van der Waals surface area contributed by atoms with Crippen LogP contribution in [-0.4, -0.2) is 42.0 Å². The molecular weight excluding hydrogens is 322 g/mol. The first-order valence-corrected chi connectivity index (χ1v) is 7.75. The van der Waals surface area contributed by atoms with Gasteiger partial charge in [0.2, 0.25) is 0 Å². The third-order valence-electron chi connectivity index (χ3n) is 4.00. The normalized spacial score (nSPS) is 18.1. The van der Waals surface area contributed by atoms with E-state index < -0.39 is 0 Å². The molecular formula is C14H20BrN3O2. The number of hydrogen-bond acceptors (Lipinski definition) is 4. The highest BCUT2D eigenvalue weighted by Gasteiger charge is 2.25. The Balaban J connectivity index is 2.13. The Morgan fingerprint density at radius 2 is 2.00 bits per heavy atom. The van der Waals surface area contributed by atoms with Crippen LogP contribution in [0.4, 0.5) is 11.4 Å². The average Bonchev–Trinajstić information content (AvgIpc) is 2.46. The zero-order valence-corrected chi connectivity index (χ0v) is 13.5. The Morgan fingerprint density at radius 3 is 2.55 bits per heavy atom. The molecule has 0 bridgehead atoms. The van der Waals surface area contributed by atoms with Crippen molar-refractivity contribution in [3.8, 4) is 0 Å². The number of nitrogens with zero attached hydrogens (tertiary/aromatic N) is 3. The van der Waals surface area contributed by atoms with Gasteiger partial charge in [0.05, 0.1) is 4.92 Å². The van der Waals surface area contributed by atoms with Gasteiger partial charge in [-0.3, -0.25) is 15.0 Å². The summed E-state index contributed by atoms with van der Waals surface area (Å²) in [5.74, 6) is 0. The molecule has 0 amide bonds. The van der Waals surface area contributed by atoms with Gasteiger partial charge >= 0.3 is 0 Å². The van der Waals surface area contributed by atoms with Crippen LogP contribution in [0.2, 0.25) is 0 Å². The fourth-order valence-corrected chi connectivity index (χ4v) is 2.92. The van der Waals surface area contributed by atoms with E-state index in [0.29, 0.717) is 6.04 Å². The minimum absolute atomic E-state index is 0.177. The average molecular weight is 342 g/mol. The second-order valence-corrected chi connectivity index (χ2v) is 6.09. The highest BCUT2D eigenvalue weighted by molar-refractivity contribution is 9.10. The quantitative estimate of drug-likeness (QED) is 0.622. The molecule has 1 unspecified atom stereocenters. The lowest BCUT2D eigenvalue weighted by Gasteiger charge is -2.38. The van der Waals surface area contributed by atoms with Crippen LogP contribution in [0.1, 0.15) is 20.3 Å². The summed E-state index contributed by atoms with van der Waals surface area (Å²) in [7, 11) is 0. The zero-order valence-electron chi connectivity index (χ0n) is 11.9. The Morgan fingerprint density at radius 1 is 1.35 bits per heavy atom. The van der Waals surface area contributed by atoms with E-state index in [4.69, 9.17) is 0 Å². The summed E-state index contributed by atoms with van der Waals surface area (Å²) in [5.41, 5.74) is 0.901. The van der Waals surface area contributed by atoms with Crippen molar-refractivity contribution >= 4 is 27.3 Å². The van der Waals surface area contributed by atoms with Gasteiger partial charge in [0.25, 0.3) is 5.69 Å². The maximum atomic E-state index is 11.2. The van der Waals surface area contributed by atoms with Crippen molar-refractivity contribution in [1.29, 1.82) is 0 Å². The number of anilines is 1. The SMILES string of the molecule is CCC(C)N1CCN(c2ccc(Br)cc2[N+](=O)[O-])CC1. The molecule has 1 aliphatic rings. The van der Waals surface area contributed by atoms with E-state index in [-0.39, 0.29) is 10.6 Å². The van der Waals surface area contributed by atoms with Crippen LogP contribution in [0.15, 0.2) is 22.7 Å². The zero-order chi connectivity index (χ0) is 14.7. The third kappa shape index (κ3) is 3.30. The standard InChI is InChI=1S/C14H20BrN3O2/c1-3-11(2)16-6-8-17(9-7-16)13-5-4-12(15)10-14(13)18(19)20/h4-5,10-11H,3,6-9H2,1-2H3. The molecule has 1 aliphatic heterocycles. The molecule has 1 saturated heterocycles. The van der Waals surface area contributed by atoms with Crippen molar-refractivity contribution in [3.63, 3.8) is 0 Å². The van der Waals surface area contributed by atoms with E-state index in [0.717, 1.165) is 42.8 Å². The van der Waals surface area contributed by atoms with Gasteiger partial charge < -0.3 is 4.90 Å². The topological polar surface area (TPSA) is 49.6 Å². The maximum Gasteiger partial charge on any atom is 0.293 e. The molecule has 20 heavy (non-hydrogen) atoms. The van der Waals surface area contributed by atoms with Crippen molar-refractivity contribution in [2.45, 2.75) is 26.3 Å². The van der Waals surface area contributed by atoms with Gasteiger partial charge in [0, 0.05) is 42.8 Å². The summed E-state index contributed by atoms with van der Waals surface area (Å²) in [6.07, 6.45) is 1.14. The molecule has 0 radical (unpaired) electrons. The van der Waals surface area contributed by atoms with E-state index in [9.17, 15) is 10.1 Å². The number of rotatable bonds is 4. The number of piperazine rings is 1. The van der Waals surface area contributed by atoms with E-state index in [1.807, 2.05) is 12.1 Å². The van der Waals surface area contributed by atoms with Gasteiger partial charge in [0.15, 0.2) is 0 Å². The molecule has 0 spiro atoms. The summed E-state index contributed by atoms with van der Waals surface area (Å²) in [5, 5.41) is 11.2. The number of nitro groups is 1. The first-order valence-electron chi connectivity index (χ1n) is 6.96. The maximum absolute atomic E-state index is 11.2. The minimum Gasteiger partial charge on any atom is -0.363 e. The van der Waals surface area contributed by atoms with Crippen LogP contribution < -0.4 is 4.90 Å². The predicted molar refractivity (Wildman–Crippen MR) is 84.3 cm³/mol. The Labute approximate surface area is 127 Å². The van der Waals surface area contributed by atoms with Gasteiger partial charge in [-0.15, -0.1) is 0 Å². The molecule has 1 aromatic rings. The van der Waals surface area contributed by atoms with Crippen molar-refractivity contribution in [2.24, 2.45) is 0 Å². The van der Waals surface area contributed by atoms with E-state index >= 15 is 0 Å². The van der Waals surface area contributed by atoms with Gasteiger partial charge in [-0.1, -0.05) is 22.9 Å². The number of hydrogen-bond donors (Lipinski definition) is 0. The van der Waals surface area contributed by atoms with Gasteiger partial charge in [-0.25, -0.2) is 0 Å². The highest BCUT2D eigenvalue weighted by Crippen LogP contribution is 2.31. The molecule has 0 N–H and O–H groups in total. The number of nitro benzene ring substituents is 1. The fraction of sp³-hybridized carbons (Fsp3) is 0.571. The molecule has 0 aromatic heterocycles. The Hall–Kier alpha value is -1.14. The largest absolute Gasteiger partial charge is 0.363 e. The van der Waals surface area contributed by atoms with Crippen LogP contribution in [0.3, 0.4) is 0 Å². The summed E-state index contributed by atoms with van der Waals surface area (Å²) in [6.45, 7) is 8.03. The van der Waals surface area contributed by atoms with E-state index in [2.05, 4.69) is 39.6 Å². The predicted octanol–water partition coefficient (Wildman–Crippen LogP) is 3.28. The Bertz CT molecular complexity index is 487. The molecule has 1 heterocycles. The monoisotopic (exact) mass is 341 g/mol. The van der Waals surface area contributed by atoms with Crippen LogP contribution >= 0.6 is 15.9 Å². The summed E-state index contributed by atoms with van der Waals surface area (Å²) < 4.78 is 0.742. The fourth-order valence-electron chi connectivity index (χ4n) is 2.57. The minimum atomic E-state index is -0.304. The molecule has 2 rings (SSSR count). The van der Waals surface area contributed by atoms with Crippen molar-refractivity contribution < 1.29 is 4.92 Å². The van der Waals surface area contributed by atoms with Crippen molar-refractivity contribution in [1.82, 2.24) is 4.90 Å². The van der Waals surface area contributed by atoms with Gasteiger partial charge in [0.1, 0.15) is 5.69 Å². The lowest BCUT2D eigenvalue weighted by molar-refractivity contribution is -0.384. The van der Waals surface area contributed by atoms with Crippen LogP contribution in [-0.2, 0) is 0 Å². The van der Waals surface area contributed by atoms with Crippen molar-refractivity contribution in [3.05, 3.63) is 32.8 Å². The molecule has 6 heteroatoms. The van der Waals surface area contributed by atoms with Crippen LogP contribution in [0.5, 0.6) is 0 Å². The van der Waals surface area contributed by atoms with E-state index in [1.165, 1.54) is 0 Å². The molecule has 0 saturated carbocycles. The summed E-state index contributed by atoms with van der Waals surface area (Å²) >= 11 is 3.30. The highest BCUT2D eigenvalue weighted by atomic mass is 79.9. The number of halogens is 1. The third-order valence-corrected chi connectivity index (χ3v) is 4.50. The molecule has 110 valence electrons. The van der Waals surface area contributed by atoms with Crippen LogP contribution in [0.25, 0.3) is 0 Å². The first-order chi connectivity index (χ1) is 9.52. The molecule has 5 nitrogen and oxygen atoms in total. The van der Waals surface area contributed by atoms with Crippen LogP contribution in [0, 0.1) is 10.1 Å². The lowest BCUT2D eigenvalue weighted by atomic mass is 10.1. The second-order valence-electron chi connectivity index (χ2n) is 5.17. The van der Waals surface area contributed by atoms with E-state index in [1.54, 1.807) is 6.07 Å². The smallest absolute Gasteiger partial charge is 0.293 e. The first kappa shape index (κ1) is 15.3. The molecule has 1 fully saturated rings. The van der Waals surface area contributed by atoms with Crippen molar-refractivity contribution in [2.75, 3.05) is 31.1 Å². The lowest BCUT2D eigenvalue weighted by Crippen LogP contribution is -2.49. The summed E-state index contributed by atoms with van der Waals surface area (Å²) in [4.78, 5) is 15.4.